The summed E-state index contributed by atoms with van der Waals surface area (Å²) in [7, 11) is 1.69. The fraction of sp³-hybridized carbons (Fsp3) is 0.857. The van der Waals surface area contributed by atoms with E-state index in [9.17, 15) is 0 Å². The molecule has 6 heteroatoms. The van der Waals surface area contributed by atoms with Crippen LogP contribution in [0.15, 0.2) is 4.52 Å². The molecule has 2 rings (SSSR count). The average molecular weight is 283 g/mol. The standard InChI is InChI=1S/C14H25N3O3/c1-9(2)11(10(3)15)12-16-13(17-20-12)14(18-4)5-7-19-8-6-14/h9-11H,5-8,15H2,1-4H3. The third-order valence-electron chi connectivity index (χ3n) is 4.11. The Hall–Kier alpha value is -0.980. The molecule has 1 aromatic rings. The molecule has 2 N–H and O–H groups in total. The van der Waals surface area contributed by atoms with Gasteiger partial charge in [0.05, 0.1) is 5.92 Å². The largest absolute Gasteiger partial charge is 0.381 e. The minimum Gasteiger partial charge on any atom is -0.381 e. The van der Waals surface area contributed by atoms with E-state index in [-0.39, 0.29) is 12.0 Å². The van der Waals surface area contributed by atoms with Gasteiger partial charge in [0.1, 0.15) is 5.60 Å². The van der Waals surface area contributed by atoms with E-state index in [4.69, 9.17) is 19.7 Å². The molecule has 0 aliphatic carbocycles. The molecule has 0 saturated carbocycles. The topological polar surface area (TPSA) is 83.4 Å². The molecule has 0 bridgehead atoms. The number of hydrogen-bond donors (Lipinski definition) is 1. The van der Waals surface area contributed by atoms with Gasteiger partial charge in [-0.1, -0.05) is 19.0 Å². The molecule has 1 fully saturated rings. The summed E-state index contributed by atoms with van der Waals surface area (Å²) in [5.41, 5.74) is 5.56. The Labute approximate surface area is 120 Å². The molecule has 2 unspecified atom stereocenters. The van der Waals surface area contributed by atoms with Crippen LogP contribution < -0.4 is 5.73 Å². The molecule has 1 aliphatic rings. The van der Waals surface area contributed by atoms with Crippen molar-refractivity contribution in [2.75, 3.05) is 20.3 Å². The molecule has 0 radical (unpaired) electrons. The van der Waals surface area contributed by atoms with Crippen LogP contribution in [0.25, 0.3) is 0 Å². The van der Waals surface area contributed by atoms with Gasteiger partial charge in [0.15, 0.2) is 0 Å². The molecule has 1 saturated heterocycles. The monoisotopic (exact) mass is 283 g/mol. The van der Waals surface area contributed by atoms with Crippen molar-refractivity contribution in [2.24, 2.45) is 11.7 Å². The van der Waals surface area contributed by atoms with Crippen LogP contribution in [0.4, 0.5) is 0 Å². The van der Waals surface area contributed by atoms with Crippen LogP contribution in [0.2, 0.25) is 0 Å². The number of nitrogens with zero attached hydrogens (tertiary/aromatic N) is 2. The third kappa shape index (κ3) is 2.87. The minimum atomic E-state index is -0.487. The zero-order valence-corrected chi connectivity index (χ0v) is 12.8. The number of rotatable bonds is 5. The maximum atomic E-state index is 6.04. The molecule has 2 heterocycles. The Morgan fingerprint density at radius 3 is 2.40 bits per heavy atom. The molecular formula is C14H25N3O3. The predicted molar refractivity (Wildman–Crippen MR) is 74.3 cm³/mol. The average Bonchev–Trinajstić information content (AvgIpc) is 2.88. The van der Waals surface area contributed by atoms with Crippen LogP contribution in [0.5, 0.6) is 0 Å². The number of nitrogens with two attached hydrogens (primary N) is 1. The molecule has 6 nitrogen and oxygen atoms in total. The predicted octanol–water partition coefficient (Wildman–Crippen LogP) is 1.81. The van der Waals surface area contributed by atoms with E-state index in [1.54, 1.807) is 7.11 Å². The number of hydrogen-bond acceptors (Lipinski definition) is 6. The summed E-state index contributed by atoms with van der Waals surface area (Å²) in [6.07, 6.45) is 1.49. The number of methoxy groups -OCH3 is 1. The smallest absolute Gasteiger partial charge is 0.231 e. The summed E-state index contributed by atoms with van der Waals surface area (Å²) in [5, 5.41) is 4.15. The van der Waals surface area contributed by atoms with Crippen molar-refractivity contribution in [3.05, 3.63) is 11.7 Å². The molecule has 0 spiro atoms. The van der Waals surface area contributed by atoms with Crippen molar-refractivity contribution in [3.8, 4) is 0 Å². The van der Waals surface area contributed by atoms with Crippen LogP contribution in [0.3, 0.4) is 0 Å². The van der Waals surface area contributed by atoms with Crippen LogP contribution in [0.1, 0.15) is 51.2 Å². The molecule has 1 aromatic heterocycles. The van der Waals surface area contributed by atoms with Gasteiger partial charge >= 0.3 is 0 Å². The zero-order chi connectivity index (χ0) is 14.8. The lowest BCUT2D eigenvalue weighted by atomic mass is 9.89. The Kier molecular flexibility index (Phi) is 4.78. The van der Waals surface area contributed by atoms with Crippen LogP contribution >= 0.6 is 0 Å². The van der Waals surface area contributed by atoms with E-state index in [1.807, 2.05) is 6.92 Å². The summed E-state index contributed by atoms with van der Waals surface area (Å²) < 4.78 is 16.5. The third-order valence-corrected chi connectivity index (χ3v) is 4.11. The second-order valence-electron chi connectivity index (χ2n) is 5.90. The molecule has 20 heavy (non-hydrogen) atoms. The van der Waals surface area contributed by atoms with Crippen molar-refractivity contribution < 1.29 is 14.0 Å². The Bertz CT molecular complexity index is 417. The normalized spacial score (nSPS) is 21.9. The van der Waals surface area contributed by atoms with Crippen molar-refractivity contribution in [1.29, 1.82) is 0 Å². The lowest BCUT2D eigenvalue weighted by Crippen LogP contribution is -2.37. The van der Waals surface area contributed by atoms with Crippen molar-refractivity contribution >= 4 is 0 Å². The van der Waals surface area contributed by atoms with E-state index < -0.39 is 5.60 Å². The fourth-order valence-electron chi connectivity index (χ4n) is 2.89. The van der Waals surface area contributed by atoms with Gasteiger partial charge in [-0.25, -0.2) is 0 Å². The quantitative estimate of drug-likeness (QED) is 0.887. The first-order valence-corrected chi connectivity index (χ1v) is 7.23. The first-order chi connectivity index (χ1) is 9.50. The van der Waals surface area contributed by atoms with Gasteiger partial charge in [0, 0.05) is 39.2 Å². The van der Waals surface area contributed by atoms with Crippen molar-refractivity contribution in [3.63, 3.8) is 0 Å². The SMILES string of the molecule is COC1(c2noc(C(C(C)C)C(C)N)n2)CCOCC1. The molecule has 1 aliphatic heterocycles. The highest BCUT2D eigenvalue weighted by molar-refractivity contribution is 5.06. The summed E-state index contributed by atoms with van der Waals surface area (Å²) in [4.78, 5) is 4.58. The molecular weight excluding hydrogens is 258 g/mol. The van der Waals surface area contributed by atoms with Crippen LogP contribution in [0, 0.1) is 5.92 Å². The highest BCUT2D eigenvalue weighted by atomic mass is 16.5. The molecule has 0 amide bonds. The zero-order valence-electron chi connectivity index (χ0n) is 12.8. The lowest BCUT2D eigenvalue weighted by Gasteiger charge is -2.32. The van der Waals surface area contributed by atoms with E-state index in [2.05, 4.69) is 24.0 Å². The van der Waals surface area contributed by atoms with Crippen molar-refractivity contribution in [1.82, 2.24) is 10.1 Å². The molecule has 114 valence electrons. The summed E-state index contributed by atoms with van der Waals surface area (Å²) in [5.74, 6) is 1.62. The van der Waals surface area contributed by atoms with Gasteiger partial charge < -0.3 is 19.7 Å². The van der Waals surface area contributed by atoms with Gasteiger partial charge in [-0.15, -0.1) is 0 Å². The van der Waals surface area contributed by atoms with Crippen LogP contribution in [-0.4, -0.2) is 36.5 Å². The Morgan fingerprint density at radius 2 is 1.90 bits per heavy atom. The minimum absolute atomic E-state index is 0.0310. The second kappa shape index (κ2) is 6.20. The van der Waals surface area contributed by atoms with Crippen molar-refractivity contribution in [2.45, 2.75) is 51.2 Å². The van der Waals surface area contributed by atoms with E-state index in [0.717, 1.165) is 12.8 Å². The Balaban J connectivity index is 2.27. The number of aromatic nitrogens is 2. The molecule has 2 atom stereocenters. The van der Waals surface area contributed by atoms with Gasteiger partial charge in [-0.2, -0.15) is 4.98 Å². The Morgan fingerprint density at radius 1 is 1.25 bits per heavy atom. The maximum Gasteiger partial charge on any atom is 0.231 e. The van der Waals surface area contributed by atoms with E-state index in [0.29, 0.717) is 30.8 Å². The van der Waals surface area contributed by atoms with Crippen LogP contribution in [-0.2, 0) is 15.1 Å². The van der Waals surface area contributed by atoms with Gasteiger partial charge in [-0.05, 0) is 12.8 Å². The molecule has 0 aromatic carbocycles. The fourth-order valence-corrected chi connectivity index (χ4v) is 2.89. The number of ether oxygens (including phenoxy) is 2. The van der Waals surface area contributed by atoms with Gasteiger partial charge in [0.25, 0.3) is 0 Å². The first-order valence-electron chi connectivity index (χ1n) is 7.23. The van der Waals surface area contributed by atoms with Gasteiger partial charge in [-0.3, -0.25) is 0 Å². The summed E-state index contributed by atoms with van der Waals surface area (Å²) in [6.45, 7) is 7.49. The lowest BCUT2D eigenvalue weighted by molar-refractivity contribution is -0.101. The highest BCUT2D eigenvalue weighted by Gasteiger charge is 2.40. The van der Waals surface area contributed by atoms with E-state index in [1.165, 1.54) is 0 Å². The first kappa shape index (κ1) is 15.4. The highest BCUT2D eigenvalue weighted by Crippen LogP contribution is 2.35. The summed E-state index contributed by atoms with van der Waals surface area (Å²) >= 11 is 0. The maximum absolute atomic E-state index is 6.04. The summed E-state index contributed by atoms with van der Waals surface area (Å²) in [6, 6.07) is -0.0310. The van der Waals surface area contributed by atoms with Gasteiger partial charge in [0.2, 0.25) is 11.7 Å². The van der Waals surface area contributed by atoms with E-state index >= 15 is 0 Å². The second-order valence-corrected chi connectivity index (χ2v) is 5.90.